The molecule has 0 aromatic carbocycles. The van der Waals surface area contributed by atoms with E-state index in [0.717, 1.165) is 0 Å². The van der Waals surface area contributed by atoms with Crippen LogP contribution in [-0.2, 0) is 0 Å². The third-order valence-corrected chi connectivity index (χ3v) is 2.04. The van der Waals surface area contributed by atoms with E-state index in [4.69, 9.17) is 0 Å². The van der Waals surface area contributed by atoms with Crippen LogP contribution in [0.25, 0.3) is 11.0 Å². The van der Waals surface area contributed by atoms with E-state index in [2.05, 4.69) is 20.2 Å². The predicted octanol–water partition coefficient (Wildman–Crippen LogP) is 2.54. The van der Waals surface area contributed by atoms with Gasteiger partial charge in [-0.25, -0.2) is 27.5 Å². The van der Waals surface area contributed by atoms with E-state index >= 15 is 0 Å². The van der Waals surface area contributed by atoms with E-state index in [0.29, 0.717) is 5.69 Å². The lowest BCUT2D eigenvalue weighted by Crippen LogP contribution is -2.02. The Bertz CT molecular complexity index is 522. The SMILES string of the molecule is Cc1[nH]nc2nc(C(F)F)nc(C(F)F)c12. The number of nitrogens with zero attached hydrogens (tertiary/aromatic N) is 3. The number of H-pyrrole nitrogens is 1. The summed E-state index contributed by atoms with van der Waals surface area (Å²) in [6.07, 6.45) is -5.95. The molecule has 0 saturated carbocycles. The summed E-state index contributed by atoms with van der Waals surface area (Å²) in [5.41, 5.74) is -0.559. The number of hydrogen-bond acceptors (Lipinski definition) is 3. The van der Waals surface area contributed by atoms with Gasteiger partial charge in [-0.2, -0.15) is 5.10 Å². The fourth-order valence-electron chi connectivity index (χ4n) is 1.37. The minimum absolute atomic E-state index is 0.000556. The van der Waals surface area contributed by atoms with Gasteiger partial charge in [0.25, 0.3) is 12.9 Å². The molecular formula is C8H6F4N4. The number of halogens is 4. The maximum absolute atomic E-state index is 12.6. The Labute approximate surface area is 86.7 Å². The Hall–Kier alpha value is -1.73. The number of hydrogen-bond donors (Lipinski definition) is 1. The molecule has 0 radical (unpaired) electrons. The van der Waals surface area contributed by atoms with Crippen molar-refractivity contribution in [2.24, 2.45) is 0 Å². The first-order valence-corrected chi connectivity index (χ1v) is 4.29. The molecule has 0 spiro atoms. The molecule has 0 atom stereocenters. The molecule has 2 heterocycles. The molecule has 1 N–H and O–H groups in total. The van der Waals surface area contributed by atoms with Gasteiger partial charge >= 0.3 is 0 Å². The third kappa shape index (κ3) is 1.59. The molecule has 0 fully saturated rings. The minimum atomic E-state index is -3.00. The Morgan fingerprint density at radius 3 is 2.31 bits per heavy atom. The first-order chi connectivity index (χ1) is 7.50. The zero-order chi connectivity index (χ0) is 11.9. The fraction of sp³-hybridized carbons (Fsp3) is 0.375. The number of fused-ring (bicyclic) bond motifs is 1. The van der Waals surface area contributed by atoms with Crippen molar-refractivity contribution in [3.05, 3.63) is 17.2 Å². The third-order valence-electron chi connectivity index (χ3n) is 2.04. The Morgan fingerprint density at radius 2 is 1.75 bits per heavy atom. The first-order valence-electron chi connectivity index (χ1n) is 4.29. The lowest BCUT2D eigenvalue weighted by Gasteiger charge is -2.04. The van der Waals surface area contributed by atoms with E-state index in [9.17, 15) is 17.6 Å². The minimum Gasteiger partial charge on any atom is -0.280 e. The summed E-state index contributed by atoms with van der Waals surface area (Å²) < 4.78 is 49.9. The van der Waals surface area contributed by atoms with Crippen LogP contribution in [0, 0.1) is 6.92 Å². The first kappa shape index (κ1) is 10.8. The average Bonchev–Trinajstić information content (AvgIpc) is 2.59. The maximum atomic E-state index is 12.6. The van der Waals surface area contributed by atoms with E-state index in [-0.39, 0.29) is 11.0 Å². The molecule has 2 rings (SSSR count). The Balaban J connectivity index is 2.76. The lowest BCUT2D eigenvalue weighted by molar-refractivity contribution is 0.131. The van der Waals surface area contributed by atoms with E-state index in [1.54, 1.807) is 0 Å². The molecule has 4 nitrogen and oxygen atoms in total. The van der Waals surface area contributed by atoms with Crippen molar-refractivity contribution in [1.82, 2.24) is 20.2 Å². The lowest BCUT2D eigenvalue weighted by atomic mass is 10.2. The zero-order valence-electron chi connectivity index (χ0n) is 8.01. The summed E-state index contributed by atoms with van der Waals surface area (Å²) in [6.45, 7) is 1.49. The monoisotopic (exact) mass is 234 g/mol. The Morgan fingerprint density at radius 1 is 1.06 bits per heavy atom. The molecule has 0 bridgehead atoms. The summed E-state index contributed by atoms with van der Waals surface area (Å²) >= 11 is 0. The van der Waals surface area contributed by atoms with Gasteiger partial charge in [-0.3, -0.25) is 5.10 Å². The zero-order valence-corrected chi connectivity index (χ0v) is 8.01. The van der Waals surface area contributed by atoms with Gasteiger partial charge in [0.1, 0.15) is 5.69 Å². The van der Waals surface area contributed by atoms with Gasteiger partial charge in [0.2, 0.25) is 0 Å². The van der Waals surface area contributed by atoms with Crippen LogP contribution in [0.15, 0.2) is 0 Å². The van der Waals surface area contributed by atoms with Crippen LogP contribution < -0.4 is 0 Å². The normalized spacial score (nSPS) is 11.9. The summed E-state index contributed by atoms with van der Waals surface area (Å²) in [5.74, 6) is -0.936. The smallest absolute Gasteiger partial charge is 0.280 e. The second-order valence-corrected chi connectivity index (χ2v) is 3.12. The number of rotatable bonds is 2. The molecule has 0 unspecified atom stereocenters. The quantitative estimate of drug-likeness (QED) is 0.812. The molecule has 0 aliphatic carbocycles. The van der Waals surface area contributed by atoms with Gasteiger partial charge in [0.15, 0.2) is 11.5 Å². The van der Waals surface area contributed by atoms with Crippen LogP contribution in [-0.4, -0.2) is 20.2 Å². The van der Waals surface area contributed by atoms with Crippen LogP contribution >= 0.6 is 0 Å². The number of aromatic nitrogens is 4. The highest BCUT2D eigenvalue weighted by molar-refractivity contribution is 5.80. The van der Waals surface area contributed by atoms with Gasteiger partial charge < -0.3 is 0 Å². The molecule has 0 amide bonds. The average molecular weight is 234 g/mol. The molecule has 16 heavy (non-hydrogen) atoms. The van der Waals surface area contributed by atoms with Crippen molar-refractivity contribution in [2.45, 2.75) is 19.8 Å². The van der Waals surface area contributed by atoms with Crippen molar-refractivity contribution < 1.29 is 17.6 Å². The summed E-state index contributed by atoms with van der Waals surface area (Å²) in [5, 5.41) is 5.97. The van der Waals surface area contributed by atoms with E-state index in [1.165, 1.54) is 6.92 Å². The highest BCUT2D eigenvalue weighted by Crippen LogP contribution is 2.28. The van der Waals surface area contributed by atoms with Gasteiger partial charge in [0.05, 0.1) is 5.39 Å². The molecule has 0 aliphatic rings. The van der Waals surface area contributed by atoms with E-state index in [1.807, 2.05) is 0 Å². The van der Waals surface area contributed by atoms with E-state index < -0.39 is 24.4 Å². The van der Waals surface area contributed by atoms with Crippen molar-refractivity contribution in [2.75, 3.05) is 0 Å². The van der Waals surface area contributed by atoms with Crippen molar-refractivity contribution in [3.63, 3.8) is 0 Å². The topological polar surface area (TPSA) is 54.5 Å². The van der Waals surface area contributed by atoms with Crippen LogP contribution in [0.3, 0.4) is 0 Å². The molecule has 2 aromatic heterocycles. The maximum Gasteiger partial charge on any atom is 0.297 e. The standard InChI is InChI=1S/C8H6F4N4/c1-2-3-4(5(9)10)13-8(6(11)12)14-7(3)16-15-2/h5-6H,1H3,(H,13,14,15,16). The Kier molecular flexibility index (Phi) is 2.49. The number of nitrogens with one attached hydrogen (secondary N) is 1. The second kappa shape index (κ2) is 3.69. The molecule has 0 aliphatic heterocycles. The van der Waals surface area contributed by atoms with Gasteiger partial charge in [-0.1, -0.05) is 0 Å². The summed E-state index contributed by atoms with van der Waals surface area (Å²) in [7, 11) is 0. The summed E-state index contributed by atoms with van der Waals surface area (Å²) in [6, 6.07) is 0. The number of aryl methyl sites for hydroxylation is 1. The van der Waals surface area contributed by atoms with Gasteiger partial charge in [0, 0.05) is 5.69 Å². The second-order valence-electron chi connectivity index (χ2n) is 3.12. The summed E-state index contributed by atoms with van der Waals surface area (Å²) in [4.78, 5) is 6.56. The van der Waals surface area contributed by atoms with Gasteiger partial charge in [-0.15, -0.1) is 0 Å². The molecule has 8 heteroatoms. The molecule has 2 aromatic rings. The van der Waals surface area contributed by atoms with Crippen LogP contribution in [0.5, 0.6) is 0 Å². The number of alkyl halides is 4. The largest absolute Gasteiger partial charge is 0.297 e. The van der Waals surface area contributed by atoms with Crippen molar-refractivity contribution in [1.29, 1.82) is 0 Å². The number of aromatic amines is 1. The van der Waals surface area contributed by atoms with Crippen LogP contribution in [0.4, 0.5) is 17.6 Å². The fourth-order valence-corrected chi connectivity index (χ4v) is 1.37. The van der Waals surface area contributed by atoms with Gasteiger partial charge in [-0.05, 0) is 6.92 Å². The molecule has 0 saturated heterocycles. The molecular weight excluding hydrogens is 228 g/mol. The van der Waals surface area contributed by atoms with Crippen molar-refractivity contribution in [3.8, 4) is 0 Å². The highest BCUT2D eigenvalue weighted by Gasteiger charge is 2.22. The molecule has 86 valence electrons. The van der Waals surface area contributed by atoms with Crippen LogP contribution in [0.2, 0.25) is 0 Å². The predicted molar refractivity (Wildman–Crippen MR) is 46.3 cm³/mol. The van der Waals surface area contributed by atoms with Crippen LogP contribution in [0.1, 0.15) is 30.1 Å². The van der Waals surface area contributed by atoms with Crippen molar-refractivity contribution >= 4 is 11.0 Å². The highest BCUT2D eigenvalue weighted by atomic mass is 19.3.